The van der Waals surface area contributed by atoms with E-state index < -0.39 is 10.1 Å². The Morgan fingerprint density at radius 3 is 2.53 bits per heavy atom. The van der Waals surface area contributed by atoms with Crippen molar-refractivity contribution in [2.24, 2.45) is 0 Å². The highest BCUT2D eigenvalue weighted by molar-refractivity contribution is 7.86. The molecule has 0 saturated heterocycles. The van der Waals surface area contributed by atoms with E-state index in [4.69, 9.17) is 4.18 Å². The van der Waals surface area contributed by atoms with Crippen molar-refractivity contribution in [3.05, 3.63) is 42.0 Å². The molecule has 92 valence electrons. The number of aryl methyl sites for hydroxylation is 1. The van der Waals surface area contributed by atoms with Crippen LogP contribution in [0.25, 0.3) is 0 Å². The molecule has 2 rings (SSSR count). The zero-order valence-electron chi connectivity index (χ0n) is 9.80. The molecule has 0 amide bonds. The van der Waals surface area contributed by atoms with Crippen LogP contribution in [-0.4, -0.2) is 14.5 Å². The molecule has 4 heteroatoms. The molecule has 0 aliphatic heterocycles. The van der Waals surface area contributed by atoms with Crippen LogP contribution in [0.1, 0.15) is 24.8 Å². The normalized spacial score (nSPS) is 20.4. The Balaban J connectivity index is 2.15. The summed E-state index contributed by atoms with van der Waals surface area (Å²) in [5.74, 6) is 0. The lowest BCUT2D eigenvalue weighted by Gasteiger charge is -2.16. The second-order valence-electron chi connectivity index (χ2n) is 4.26. The molecule has 0 N–H and O–H groups in total. The van der Waals surface area contributed by atoms with Crippen molar-refractivity contribution in [1.82, 2.24) is 0 Å². The van der Waals surface area contributed by atoms with E-state index in [9.17, 15) is 8.42 Å². The van der Waals surface area contributed by atoms with Crippen LogP contribution in [0.5, 0.6) is 0 Å². The maximum atomic E-state index is 12.0. The molecule has 0 spiro atoms. The predicted molar refractivity (Wildman–Crippen MR) is 66.2 cm³/mol. The van der Waals surface area contributed by atoms with Gasteiger partial charge >= 0.3 is 0 Å². The van der Waals surface area contributed by atoms with Gasteiger partial charge in [0.2, 0.25) is 0 Å². The van der Waals surface area contributed by atoms with Gasteiger partial charge in [0.1, 0.15) is 0 Å². The largest absolute Gasteiger partial charge is 0.297 e. The quantitative estimate of drug-likeness (QED) is 0.613. The smallest absolute Gasteiger partial charge is 0.259 e. The third-order valence-electron chi connectivity index (χ3n) is 2.77. The fourth-order valence-electron chi connectivity index (χ4n) is 1.78. The molecule has 0 unspecified atom stereocenters. The SMILES string of the molecule is Cc1ccc(S(=O)(=O)O[C@@H]2C=CCCC2)cc1. The Morgan fingerprint density at radius 2 is 1.94 bits per heavy atom. The standard InChI is InChI=1S/C13H16O3S/c1-11-7-9-13(10-8-11)17(14,15)16-12-5-3-2-4-6-12/h3,5,7-10,12H,2,4,6H2,1H3/t12-/m1/s1. The van der Waals surface area contributed by atoms with Crippen LogP contribution < -0.4 is 0 Å². The summed E-state index contributed by atoms with van der Waals surface area (Å²) >= 11 is 0. The molecule has 0 aromatic heterocycles. The van der Waals surface area contributed by atoms with Gasteiger partial charge in [0.15, 0.2) is 0 Å². The average molecular weight is 252 g/mol. The van der Waals surface area contributed by atoms with Crippen molar-refractivity contribution >= 4 is 10.1 Å². The molecule has 1 aromatic carbocycles. The second kappa shape index (κ2) is 5.02. The van der Waals surface area contributed by atoms with Gasteiger partial charge in [-0.15, -0.1) is 0 Å². The fourth-order valence-corrected chi connectivity index (χ4v) is 2.85. The lowest BCUT2D eigenvalue weighted by atomic mass is 10.1. The van der Waals surface area contributed by atoms with Crippen LogP contribution in [0.4, 0.5) is 0 Å². The number of hydrogen-bond acceptors (Lipinski definition) is 3. The molecular formula is C13H16O3S. The van der Waals surface area contributed by atoms with Crippen LogP contribution in [0, 0.1) is 6.92 Å². The van der Waals surface area contributed by atoms with Crippen molar-refractivity contribution in [2.45, 2.75) is 37.2 Å². The van der Waals surface area contributed by atoms with Crippen molar-refractivity contribution in [3.8, 4) is 0 Å². The predicted octanol–water partition coefficient (Wildman–Crippen LogP) is 2.81. The Morgan fingerprint density at radius 1 is 1.24 bits per heavy atom. The summed E-state index contributed by atoms with van der Waals surface area (Å²) in [6.45, 7) is 1.92. The molecule has 0 heterocycles. The van der Waals surface area contributed by atoms with Gasteiger partial charge in [-0.25, -0.2) is 0 Å². The van der Waals surface area contributed by atoms with Crippen LogP contribution in [-0.2, 0) is 14.3 Å². The van der Waals surface area contributed by atoms with Crippen LogP contribution in [0.3, 0.4) is 0 Å². The third kappa shape index (κ3) is 3.17. The van der Waals surface area contributed by atoms with Crippen molar-refractivity contribution in [3.63, 3.8) is 0 Å². The molecule has 3 nitrogen and oxygen atoms in total. The van der Waals surface area contributed by atoms with E-state index in [1.54, 1.807) is 24.3 Å². The summed E-state index contributed by atoms with van der Waals surface area (Å²) in [5.41, 5.74) is 1.03. The number of rotatable bonds is 3. The first-order valence-electron chi connectivity index (χ1n) is 5.74. The van der Waals surface area contributed by atoms with E-state index in [1.165, 1.54) is 0 Å². The van der Waals surface area contributed by atoms with Crippen LogP contribution in [0.2, 0.25) is 0 Å². The fraction of sp³-hybridized carbons (Fsp3) is 0.385. The molecule has 1 atom stereocenters. The van der Waals surface area contributed by atoms with Crippen molar-refractivity contribution < 1.29 is 12.6 Å². The van der Waals surface area contributed by atoms with E-state index in [1.807, 2.05) is 19.1 Å². The Hall–Kier alpha value is -1.13. The van der Waals surface area contributed by atoms with Crippen LogP contribution >= 0.6 is 0 Å². The van der Waals surface area contributed by atoms with Gasteiger partial charge < -0.3 is 0 Å². The highest BCUT2D eigenvalue weighted by atomic mass is 32.2. The first-order valence-corrected chi connectivity index (χ1v) is 7.15. The molecule has 1 aliphatic carbocycles. The Kier molecular flexibility index (Phi) is 3.64. The molecule has 0 bridgehead atoms. The lowest BCUT2D eigenvalue weighted by Crippen LogP contribution is -2.18. The third-order valence-corrected chi connectivity index (χ3v) is 4.12. The molecular weight excluding hydrogens is 236 g/mol. The minimum absolute atomic E-state index is 0.224. The Bertz CT molecular complexity index is 500. The highest BCUT2D eigenvalue weighted by Gasteiger charge is 2.20. The summed E-state index contributed by atoms with van der Waals surface area (Å²) in [4.78, 5) is 0.224. The maximum Gasteiger partial charge on any atom is 0.297 e. The zero-order chi connectivity index (χ0) is 12.3. The monoisotopic (exact) mass is 252 g/mol. The van der Waals surface area contributed by atoms with Crippen molar-refractivity contribution in [2.75, 3.05) is 0 Å². The van der Waals surface area contributed by atoms with E-state index in [2.05, 4.69) is 0 Å². The van der Waals surface area contributed by atoms with E-state index in [0.717, 1.165) is 24.8 Å². The van der Waals surface area contributed by atoms with Gasteiger partial charge in [0.25, 0.3) is 10.1 Å². The minimum Gasteiger partial charge on any atom is -0.259 e. The highest BCUT2D eigenvalue weighted by Crippen LogP contribution is 2.20. The molecule has 1 aromatic rings. The topological polar surface area (TPSA) is 43.4 Å². The van der Waals surface area contributed by atoms with Gasteiger partial charge in [-0.1, -0.05) is 29.8 Å². The molecule has 1 aliphatic rings. The van der Waals surface area contributed by atoms with Gasteiger partial charge in [0.05, 0.1) is 11.0 Å². The number of allylic oxidation sites excluding steroid dienone is 1. The van der Waals surface area contributed by atoms with Gasteiger partial charge in [-0.05, 0) is 38.3 Å². The molecule has 17 heavy (non-hydrogen) atoms. The maximum absolute atomic E-state index is 12.0. The van der Waals surface area contributed by atoms with E-state index in [0.29, 0.717) is 0 Å². The number of hydrogen-bond donors (Lipinski definition) is 0. The lowest BCUT2D eigenvalue weighted by molar-refractivity contribution is 0.236. The minimum atomic E-state index is -3.63. The second-order valence-corrected chi connectivity index (χ2v) is 5.83. The summed E-state index contributed by atoms with van der Waals surface area (Å²) in [5, 5.41) is 0. The summed E-state index contributed by atoms with van der Waals surface area (Å²) in [6.07, 6.45) is 6.24. The number of benzene rings is 1. The Labute approximate surface area is 102 Å². The van der Waals surface area contributed by atoms with Gasteiger partial charge in [0, 0.05) is 0 Å². The van der Waals surface area contributed by atoms with Gasteiger partial charge in [-0.3, -0.25) is 4.18 Å². The van der Waals surface area contributed by atoms with Gasteiger partial charge in [-0.2, -0.15) is 8.42 Å². The zero-order valence-corrected chi connectivity index (χ0v) is 10.6. The molecule has 0 saturated carbocycles. The van der Waals surface area contributed by atoms with Crippen molar-refractivity contribution in [1.29, 1.82) is 0 Å². The first-order chi connectivity index (χ1) is 8.08. The molecule has 0 radical (unpaired) electrons. The van der Waals surface area contributed by atoms with E-state index in [-0.39, 0.29) is 11.0 Å². The van der Waals surface area contributed by atoms with E-state index >= 15 is 0 Å². The van der Waals surface area contributed by atoms with Crippen LogP contribution in [0.15, 0.2) is 41.3 Å². The summed E-state index contributed by atoms with van der Waals surface area (Å²) in [7, 11) is -3.63. The summed E-state index contributed by atoms with van der Waals surface area (Å²) < 4.78 is 29.1. The molecule has 0 fully saturated rings. The first kappa shape index (κ1) is 12.3. The summed E-state index contributed by atoms with van der Waals surface area (Å²) in [6, 6.07) is 6.70. The average Bonchev–Trinajstić information content (AvgIpc) is 2.30.